The largest absolute Gasteiger partial charge is 0.494 e. The van der Waals surface area contributed by atoms with Gasteiger partial charge in [0.15, 0.2) is 0 Å². The zero-order valence-electron chi connectivity index (χ0n) is 11.0. The van der Waals surface area contributed by atoms with E-state index < -0.39 is 6.10 Å². The molecule has 102 valence electrons. The lowest BCUT2D eigenvalue weighted by Gasteiger charge is -2.24. The van der Waals surface area contributed by atoms with Crippen molar-refractivity contribution >= 4 is 5.69 Å². The van der Waals surface area contributed by atoms with E-state index in [0.29, 0.717) is 18.9 Å². The molecule has 0 saturated heterocycles. The van der Waals surface area contributed by atoms with Gasteiger partial charge in [-0.05, 0) is 19.1 Å². The van der Waals surface area contributed by atoms with E-state index in [4.69, 9.17) is 9.47 Å². The first-order chi connectivity index (χ1) is 8.58. The summed E-state index contributed by atoms with van der Waals surface area (Å²) in [4.78, 5) is 1.81. The number of methoxy groups -OCH3 is 1. The average molecular weight is 257 g/mol. The number of hydrogen-bond acceptors (Lipinski definition) is 4. The number of aliphatic hydroxyl groups is 1. The molecule has 1 unspecified atom stereocenters. The third-order valence-electron chi connectivity index (χ3n) is 2.55. The summed E-state index contributed by atoms with van der Waals surface area (Å²) in [5, 5.41) is 9.75. The van der Waals surface area contributed by atoms with Crippen molar-refractivity contribution < 1.29 is 19.0 Å². The van der Waals surface area contributed by atoms with Crippen molar-refractivity contribution in [3.8, 4) is 5.75 Å². The summed E-state index contributed by atoms with van der Waals surface area (Å²) in [7, 11) is 3.30. The molecule has 0 heterocycles. The molecule has 0 radical (unpaired) electrons. The number of benzene rings is 1. The van der Waals surface area contributed by atoms with Crippen LogP contribution in [0.1, 0.15) is 6.92 Å². The van der Waals surface area contributed by atoms with E-state index in [1.165, 1.54) is 19.2 Å². The second kappa shape index (κ2) is 7.18. The molecule has 1 aromatic carbocycles. The molecule has 4 nitrogen and oxygen atoms in total. The number of aliphatic hydroxyl groups excluding tert-OH is 1. The van der Waals surface area contributed by atoms with Gasteiger partial charge in [0, 0.05) is 26.3 Å². The summed E-state index contributed by atoms with van der Waals surface area (Å²) in [6.45, 7) is 3.12. The summed E-state index contributed by atoms with van der Waals surface area (Å²) in [5.41, 5.74) is 0.731. The number of halogens is 1. The van der Waals surface area contributed by atoms with E-state index in [1.807, 2.05) is 18.9 Å². The Morgan fingerprint density at radius 1 is 1.44 bits per heavy atom. The predicted molar refractivity (Wildman–Crippen MR) is 68.7 cm³/mol. The molecule has 0 bridgehead atoms. The number of nitrogens with zero attached hydrogens (tertiary/aromatic N) is 1. The van der Waals surface area contributed by atoms with Crippen molar-refractivity contribution in [2.24, 2.45) is 0 Å². The highest BCUT2D eigenvalue weighted by molar-refractivity contribution is 5.58. The maximum absolute atomic E-state index is 13.1. The van der Waals surface area contributed by atoms with Gasteiger partial charge < -0.3 is 19.5 Å². The van der Waals surface area contributed by atoms with Crippen molar-refractivity contribution in [1.82, 2.24) is 0 Å². The summed E-state index contributed by atoms with van der Waals surface area (Å²) in [6, 6.07) is 4.31. The third kappa shape index (κ3) is 4.16. The summed E-state index contributed by atoms with van der Waals surface area (Å²) < 4.78 is 23.3. The molecule has 0 aliphatic rings. The van der Waals surface area contributed by atoms with Crippen LogP contribution >= 0.6 is 0 Å². The number of rotatable bonds is 7. The minimum Gasteiger partial charge on any atom is -0.494 e. The molecular weight excluding hydrogens is 237 g/mol. The maximum atomic E-state index is 13.1. The molecule has 1 N–H and O–H groups in total. The quantitative estimate of drug-likeness (QED) is 0.807. The molecule has 0 spiro atoms. The van der Waals surface area contributed by atoms with E-state index >= 15 is 0 Å². The molecule has 0 aliphatic carbocycles. The highest BCUT2D eigenvalue weighted by Gasteiger charge is 2.13. The van der Waals surface area contributed by atoms with Crippen molar-refractivity contribution in [3.63, 3.8) is 0 Å². The van der Waals surface area contributed by atoms with Crippen LogP contribution in [0.25, 0.3) is 0 Å². The summed E-state index contributed by atoms with van der Waals surface area (Å²) in [5.74, 6) is 0.0972. The van der Waals surface area contributed by atoms with Gasteiger partial charge in [0.05, 0.1) is 25.5 Å². The van der Waals surface area contributed by atoms with E-state index in [1.54, 1.807) is 6.07 Å². The number of ether oxygens (including phenoxy) is 2. The van der Waals surface area contributed by atoms with Crippen LogP contribution in [-0.4, -0.2) is 45.1 Å². The van der Waals surface area contributed by atoms with Gasteiger partial charge in [-0.25, -0.2) is 4.39 Å². The van der Waals surface area contributed by atoms with Gasteiger partial charge in [0.2, 0.25) is 0 Å². The van der Waals surface area contributed by atoms with Crippen LogP contribution in [0.4, 0.5) is 10.1 Å². The number of likely N-dealkylation sites (N-methyl/N-ethyl adjacent to an activating group) is 1. The van der Waals surface area contributed by atoms with E-state index in [9.17, 15) is 9.50 Å². The van der Waals surface area contributed by atoms with E-state index in [2.05, 4.69) is 0 Å². The Kier molecular flexibility index (Phi) is 5.88. The molecule has 18 heavy (non-hydrogen) atoms. The standard InChI is InChI=1S/C13H20FNO3/c1-4-18-9-11(16)8-15(2)12-6-5-10(14)7-13(12)17-3/h5-7,11,16H,4,8-9H2,1-3H3. The van der Waals surface area contributed by atoms with Crippen LogP contribution in [0.2, 0.25) is 0 Å². The van der Waals surface area contributed by atoms with Crippen LogP contribution < -0.4 is 9.64 Å². The van der Waals surface area contributed by atoms with E-state index in [0.717, 1.165) is 5.69 Å². The molecular formula is C13H20FNO3. The maximum Gasteiger partial charge on any atom is 0.145 e. The van der Waals surface area contributed by atoms with Gasteiger partial charge in [-0.15, -0.1) is 0 Å². The van der Waals surface area contributed by atoms with Crippen LogP contribution in [0.5, 0.6) is 5.75 Å². The molecule has 1 rings (SSSR count). The number of hydrogen-bond donors (Lipinski definition) is 1. The van der Waals surface area contributed by atoms with E-state index in [-0.39, 0.29) is 12.4 Å². The van der Waals surface area contributed by atoms with Crippen molar-refractivity contribution in [3.05, 3.63) is 24.0 Å². The van der Waals surface area contributed by atoms with Crippen molar-refractivity contribution in [1.29, 1.82) is 0 Å². The molecule has 0 amide bonds. The van der Waals surface area contributed by atoms with Crippen LogP contribution in [0, 0.1) is 5.82 Å². The fourth-order valence-electron chi connectivity index (χ4n) is 1.69. The predicted octanol–water partition coefficient (Wildman–Crippen LogP) is 1.67. The third-order valence-corrected chi connectivity index (χ3v) is 2.55. The monoisotopic (exact) mass is 257 g/mol. The first-order valence-electron chi connectivity index (χ1n) is 5.89. The Balaban J connectivity index is 2.68. The van der Waals surface area contributed by atoms with Crippen LogP contribution in [0.15, 0.2) is 18.2 Å². The van der Waals surface area contributed by atoms with Gasteiger partial charge in [0.25, 0.3) is 0 Å². The Bertz CT molecular complexity index is 373. The SMILES string of the molecule is CCOCC(O)CN(C)c1ccc(F)cc1OC. The van der Waals surface area contributed by atoms with Crippen molar-refractivity contribution in [2.45, 2.75) is 13.0 Å². The minimum absolute atomic E-state index is 0.282. The second-order valence-corrected chi connectivity index (χ2v) is 4.01. The van der Waals surface area contributed by atoms with Gasteiger partial charge >= 0.3 is 0 Å². The first-order valence-corrected chi connectivity index (χ1v) is 5.89. The average Bonchev–Trinajstić information content (AvgIpc) is 2.35. The highest BCUT2D eigenvalue weighted by Crippen LogP contribution is 2.28. The Morgan fingerprint density at radius 2 is 2.17 bits per heavy atom. The normalized spacial score (nSPS) is 12.3. The molecule has 5 heteroatoms. The molecule has 1 atom stereocenters. The van der Waals surface area contributed by atoms with Gasteiger partial charge in [-0.2, -0.15) is 0 Å². The topological polar surface area (TPSA) is 41.9 Å². The van der Waals surface area contributed by atoms with Gasteiger partial charge in [-0.1, -0.05) is 0 Å². The summed E-state index contributed by atoms with van der Waals surface area (Å²) in [6.07, 6.45) is -0.593. The lowest BCUT2D eigenvalue weighted by atomic mass is 10.2. The fraction of sp³-hybridized carbons (Fsp3) is 0.538. The number of anilines is 1. The lowest BCUT2D eigenvalue weighted by Crippen LogP contribution is -2.32. The zero-order valence-corrected chi connectivity index (χ0v) is 11.0. The smallest absolute Gasteiger partial charge is 0.145 e. The Hall–Kier alpha value is -1.33. The Labute approximate surface area is 107 Å². The van der Waals surface area contributed by atoms with Gasteiger partial charge in [0.1, 0.15) is 11.6 Å². The Morgan fingerprint density at radius 3 is 2.78 bits per heavy atom. The second-order valence-electron chi connectivity index (χ2n) is 4.01. The fourth-order valence-corrected chi connectivity index (χ4v) is 1.69. The van der Waals surface area contributed by atoms with Crippen LogP contribution in [-0.2, 0) is 4.74 Å². The molecule has 0 aromatic heterocycles. The molecule has 1 aromatic rings. The first kappa shape index (κ1) is 14.7. The molecule has 0 fully saturated rings. The highest BCUT2D eigenvalue weighted by atomic mass is 19.1. The van der Waals surface area contributed by atoms with Crippen molar-refractivity contribution in [2.75, 3.05) is 38.8 Å². The van der Waals surface area contributed by atoms with Crippen LogP contribution in [0.3, 0.4) is 0 Å². The molecule has 0 aliphatic heterocycles. The zero-order chi connectivity index (χ0) is 13.5. The minimum atomic E-state index is -0.593. The lowest BCUT2D eigenvalue weighted by molar-refractivity contribution is 0.0468. The van der Waals surface area contributed by atoms with Gasteiger partial charge in [-0.3, -0.25) is 0 Å². The molecule has 0 saturated carbocycles. The summed E-state index contributed by atoms with van der Waals surface area (Å²) >= 11 is 0.